The van der Waals surface area contributed by atoms with Gasteiger partial charge in [-0.1, -0.05) is 19.8 Å². The van der Waals surface area contributed by atoms with Gasteiger partial charge in [0.15, 0.2) is 0 Å². The van der Waals surface area contributed by atoms with E-state index in [9.17, 15) is 0 Å². The predicted molar refractivity (Wildman–Crippen MR) is 65.4 cm³/mol. The van der Waals surface area contributed by atoms with Gasteiger partial charge in [-0.3, -0.25) is 0 Å². The van der Waals surface area contributed by atoms with Gasteiger partial charge in [-0.05, 0) is 26.7 Å². The molecule has 0 unspecified atom stereocenters. The van der Waals surface area contributed by atoms with Gasteiger partial charge in [0.05, 0.1) is 11.6 Å². The second-order valence-electron chi connectivity index (χ2n) is 3.90. The fraction of sp³-hybridized carbons (Fsp3) is 0.750. The van der Waals surface area contributed by atoms with E-state index in [0.29, 0.717) is 5.88 Å². The summed E-state index contributed by atoms with van der Waals surface area (Å²) in [4.78, 5) is 4.51. The highest BCUT2D eigenvalue weighted by Gasteiger charge is 2.11. The summed E-state index contributed by atoms with van der Waals surface area (Å²) in [7, 11) is 0. The molecule has 0 bridgehead atoms. The number of hydrogen-bond donors (Lipinski definition) is 0. The first-order valence-electron chi connectivity index (χ1n) is 5.85. The zero-order valence-electron chi connectivity index (χ0n) is 10.0. The standard InChI is InChI=1S/C12H21ClN2/c1-4-6-7-8-11-10(3)14-12(9-13)15(11)5-2/h4-9H2,1-3H3. The van der Waals surface area contributed by atoms with E-state index in [-0.39, 0.29) is 0 Å². The first-order chi connectivity index (χ1) is 7.24. The van der Waals surface area contributed by atoms with Crippen molar-refractivity contribution in [2.24, 2.45) is 0 Å². The average Bonchev–Trinajstić information content (AvgIpc) is 2.55. The molecule has 1 heterocycles. The summed E-state index contributed by atoms with van der Waals surface area (Å²) in [5.74, 6) is 1.53. The molecule has 0 radical (unpaired) electrons. The van der Waals surface area contributed by atoms with Gasteiger partial charge in [-0.15, -0.1) is 11.6 Å². The summed E-state index contributed by atoms with van der Waals surface area (Å²) in [6, 6.07) is 0. The number of nitrogens with zero attached hydrogens (tertiary/aromatic N) is 2. The molecule has 86 valence electrons. The molecule has 3 heteroatoms. The average molecular weight is 229 g/mol. The molecule has 0 saturated carbocycles. The van der Waals surface area contributed by atoms with Crippen molar-refractivity contribution in [2.45, 2.75) is 58.9 Å². The number of aromatic nitrogens is 2. The maximum Gasteiger partial charge on any atom is 0.124 e. The van der Waals surface area contributed by atoms with Crippen molar-refractivity contribution >= 4 is 11.6 Å². The Balaban J connectivity index is 2.79. The minimum absolute atomic E-state index is 0.516. The smallest absolute Gasteiger partial charge is 0.124 e. The summed E-state index contributed by atoms with van der Waals surface area (Å²) < 4.78 is 2.26. The molecule has 15 heavy (non-hydrogen) atoms. The molecule has 1 aromatic heterocycles. The minimum atomic E-state index is 0.516. The Morgan fingerprint density at radius 3 is 2.53 bits per heavy atom. The molecular formula is C12H21ClN2. The maximum atomic E-state index is 5.87. The highest BCUT2D eigenvalue weighted by atomic mass is 35.5. The number of hydrogen-bond acceptors (Lipinski definition) is 1. The fourth-order valence-corrected chi connectivity index (χ4v) is 2.21. The van der Waals surface area contributed by atoms with Crippen LogP contribution < -0.4 is 0 Å². The third-order valence-corrected chi connectivity index (χ3v) is 3.04. The van der Waals surface area contributed by atoms with E-state index >= 15 is 0 Å². The van der Waals surface area contributed by atoms with Crippen molar-refractivity contribution in [3.63, 3.8) is 0 Å². The lowest BCUT2D eigenvalue weighted by Gasteiger charge is -2.08. The molecule has 0 N–H and O–H groups in total. The second-order valence-corrected chi connectivity index (χ2v) is 4.16. The number of rotatable bonds is 6. The molecule has 2 nitrogen and oxygen atoms in total. The van der Waals surface area contributed by atoms with Gasteiger partial charge in [0.1, 0.15) is 5.82 Å². The normalized spacial score (nSPS) is 10.9. The van der Waals surface area contributed by atoms with Crippen molar-refractivity contribution in [2.75, 3.05) is 0 Å². The first kappa shape index (κ1) is 12.6. The minimum Gasteiger partial charge on any atom is -0.331 e. The summed E-state index contributed by atoms with van der Waals surface area (Å²) >= 11 is 5.87. The molecule has 0 aliphatic carbocycles. The molecule has 0 spiro atoms. The molecule has 1 rings (SSSR count). The maximum absolute atomic E-state index is 5.87. The van der Waals surface area contributed by atoms with Crippen LogP contribution in [0.5, 0.6) is 0 Å². The quantitative estimate of drug-likeness (QED) is 0.537. The van der Waals surface area contributed by atoms with E-state index in [1.165, 1.54) is 25.0 Å². The summed E-state index contributed by atoms with van der Waals surface area (Å²) in [6.45, 7) is 7.45. The van der Waals surface area contributed by atoms with E-state index in [2.05, 4.69) is 30.3 Å². The summed E-state index contributed by atoms with van der Waals surface area (Å²) in [5.41, 5.74) is 2.53. The van der Waals surface area contributed by atoms with E-state index in [0.717, 1.165) is 24.5 Å². The van der Waals surface area contributed by atoms with Crippen LogP contribution in [0.1, 0.15) is 50.3 Å². The molecule has 0 aliphatic rings. The van der Waals surface area contributed by atoms with Crippen LogP contribution in [0.3, 0.4) is 0 Å². The van der Waals surface area contributed by atoms with Gasteiger partial charge in [0, 0.05) is 12.2 Å². The lowest BCUT2D eigenvalue weighted by Crippen LogP contribution is -2.05. The van der Waals surface area contributed by atoms with Gasteiger partial charge in [0.2, 0.25) is 0 Å². The zero-order valence-corrected chi connectivity index (χ0v) is 10.8. The van der Waals surface area contributed by atoms with Gasteiger partial charge in [-0.2, -0.15) is 0 Å². The Morgan fingerprint density at radius 2 is 2.00 bits per heavy atom. The van der Waals surface area contributed by atoms with Gasteiger partial charge < -0.3 is 4.57 Å². The molecule has 1 aromatic rings. The number of halogens is 1. The van der Waals surface area contributed by atoms with Crippen LogP contribution in [0.2, 0.25) is 0 Å². The third kappa shape index (κ3) is 2.97. The van der Waals surface area contributed by atoms with Crippen molar-refractivity contribution in [1.82, 2.24) is 9.55 Å². The molecule has 0 saturated heterocycles. The Kier molecular flexibility index (Phi) is 5.16. The largest absolute Gasteiger partial charge is 0.331 e. The zero-order chi connectivity index (χ0) is 11.3. The Labute approximate surface area is 97.7 Å². The predicted octanol–water partition coefficient (Wildman–Crippen LogP) is 3.68. The highest BCUT2D eigenvalue weighted by molar-refractivity contribution is 6.16. The molecule has 0 aromatic carbocycles. The van der Waals surface area contributed by atoms with Crippen molar-refractivity contribution < 1.29 is 0 Å². The Bertz CT molecular complexity index is 305. The van der Waals surface area contributed by atoms with Gasteiger partial charge >= 0.3 is 0 Å². The summed E-state index contributed by atoms with van der Waals surface area (Å²) in [6.07, 6.45) is 4.95. The lowest BCUT2D eigenvalue weighted by molar-refractivity contribution is 0.639. The van der Waals surface area contributed by atoms with Crippen molar-refractivity contribution in [3.05, 3.63) is 17.2 Å². The first-order valence-corrected chi connectivity index (χ1v) is 6.38. The van der Waals surface area contributed by atoms with Crippen LogP contribution in [0, 0.1) is 6.92 Å². The SMILES string of the molecule is CCCCCc1c(C)nc(CCl)n1CC. The number of imidazole rings is 1. The van der Waals surface area contributed by atoms with Crippen LogP contribution in [-0.4, -0.2) is 9.55 Å². The number of aryl methyl sites for hydroxylation is 1. The molecule has 0 aliphatic heterocycles. The van der Waals surface area contributed by atoms with Gasteiger partial charge in [-0.25, -0.2) is 4.98 Å². The van der Waals surface area contributed by atoms with Crippen LogP contribution in [-0.2, 0) is 18.8 Å². The van der Waals surface area contributed by atoms with Crippen LogP contribution in [0.4, 0.5) is 0 Å². The molecule has 0 amide bonds. The highest BCUT2D eigenvalue weighted by Crippen LogP contribution is 2.16. The topological polar surface area (TPSA) is 17.8 Å². The van der Waals surface area contributed by atoms with Crippen LogP contribution in [0.15, 0.2) is 0 Å². The van der Waals surface area contributed by atoms with Crippen LogP contribution >= 0.6 is 11.6 Å². The fourth-order valence-electron chi connectivity index (χ4n) is 2.00. The Morgan fingerprint density at radius 1 is 1.27 bits per heavy atom. The molecule has 0 atom stereocenters. The summed E-state index contributed by atoms with van der Waals surface area (Å²) in [5, 5.41) is 0. The molecular weight excluding hydrogens is 208 g/mol. The second kappa shape index (κ2) is 6.16. The number of unbranched alkanes of at least 4 members (excludes halogenated alkanes) is 2. The van der Waals surface area contributed by atoms with E-state index in [1.54, 1.807) is 0 Å². The van der Waals surface area contributed by atoms with E-state index in [4.69, 9.17) is 11.6 Å². The lowest BCUT2D eigenvalue weighted by atomic mass is 10.1. The van der Waals surface area contributed by atoms with Gasteiger partial charge in [0.25, 0.3) is 0 Å². The number of alkyl halides is 1. The van der Waals surface area contributed by atoms with Crippen LogP contribution in [0.25, 0.3) is 0 Å². The Hall–Kier alpha value is -0.500. The molecule has 0 fully saturated rings. The van der Waals surface area contributed by atoms with Crippen molar-refractivity contribution in [3.8, 4) is 0 Å². The van der Waals surface area contributed by atoms with Crippen molar-refractivity contribution in [1.29, 1.82) is 0 Å². The monoisotopic (exact) mass is 228 g/mol. The van der Waals surface area contributed by atoms with E-state index < -0.39 is 0 Å². The third-order valence-electron chi connectivity index (χ3n) is 2.80. The van der Waals surface area contributed by atoms with E-state index in [1.807, 2.05) is 0 Å².